The van der Waals surface area contributed by atoms with E-state index in [4.69, 9.17) is 4.42 Å². The third-order valence-corrected chi connectivity index (χ3v) is 2.06. The summed E-state index contributed by atoms with van der Waals surface area (Å²) in [6.07, 6.45) is 5.26. The molecule has 0 unspecified atom stereocenters. The molecular weight excluding hydrogens is 149 g/mol. The molecule has 0 bridgehead atoms. The Hall–Kier alpha value is -0.985. The molecule has 0 saturated heterocycles. The SMILES string of the molecule is CC(C)c1nc2c(o1)C=CCB2. The topological polar surface area (TPSA) is 26.0 Å². The third kappa shape index (κ3) is 1.19. The van der Waals surface area contributed by atoms with E-state index in [0.717, 1.165) is 30.8 Å². The zero-order chi connectivity index (χ0) is 8.55. The highest BCUT2D eigenvalue weighted by Crippen LogP contribution is 2.15. The van der Waals surface area contributed by atoms with E-state index in [2.05, 4.69) is 24.9 Å². The van der Waals surface area contributed by atoms with Crippen molar-refractivity contribution in [3.05, 3.63) is 17.7 Å². The number of oxazole rings is 1. The predicted molar refractivity (Wildman–Crippen MR) is 51.2 cm³/mol. The Morgan fingerprint density at radius 3 is 3.08 bits per heavy atom. The lowest BCUT2D eigenvalue weighted by molar-refractivity contribution is 0.464. The minimum atomic E-state index is 0.393. The molecule has 0 radical (unpaired) electrons. The van der Waals surface area contributed by atoms with Gasteiger partial charge in [-0.2, -0.15) is 0 Å². The van der Waals surface area contributed by atoms with Gasteiger partial charge < -0.3 is 4.42 Å². The van der Waals surface area contributed by atoms with Crippen LogP contribution in [0.4, 0.5) is 0 Å². The first-order valence-electron chi connectivity index (χ1n) is 4.43. The van der Waals surface area contributed by atoms with Gasteiger partial charge in [-0.05, 0) is 6.08 Å². The molecule has 12 heavy (non-hydrogen) atoms. The minimum absolute atomic E-state index is 0.393. The van der Waals surface area contributed by atoms with Crippen LogP contribution in [0.25, 0.3) is 6.08 Å². The number of rotatable bonds is 1. The van der Waals surface area contributed by atoms with Gasteiger partial charge in [0.15, 0.2) is 13.2 Å². The second kappa shape index (κ2) is 2.81. The Balaban J connectivity index is 2.39. The summed E-state index contributed by atoms with van der Waals surface area (Å²) >= 11 is 0. The van der Waals surface area contributed by atoms with Crippen molar-refractivity contribution in [2.75, 3.05) is 0 Å². The van der Waals surface area contributed by atoms with Crippen molar-refractivity contribution in [1.29, 1.82) is 0 Å². The molecule has 1 aliphatic rings. The number of fused-ring (bicyclic) bond motifs is 1. The van der Waals surface area contributed by atoms with Crippen molar-refractivity contribution >= 4 is 18.9 Å². The van der Waals surface area contributed by atoms with Crippen LogP contribution in [0.1, 0.15) is 31.4 Å². The van der Waals surface area contributed by atoms with E-state index in [1.165, 1.54) is 0 Å². The molecule has 0 amide bonds. The Bertz CT molecular complexity index is 314. The highest BCUT2D eigenvalue weighted by Gasteiger charge is 2.15. The maximum absolute atomic E-state index is 5.57. The van der Waals surface area contributed by atoms with Gasteiger partial charge >= 0.3 is 0 Å². The summed E-state index contributed by atoms with van der Waals surface area (Å²) in [6.45, 7) is 4.20. The highest BCUT2D eigenvalue weighted by molar-refractivity contribution is 6.54. The van der Waals surface area contributed by atoms with Gasteiger partial charge in [0.1, 0.15) is 5.76 Å². The monoisotopic (exact) mass is 161 g/mol. The molecule has 2 rings (SSSR count). The molecule has 1 aromatic heterocycles. The molecular formula is C9H12BNO. The normalized spacial score (nSPS) is 14.6. The maximum Gasteiger partial charge on any atom is 0.196 e. The lowest BCUT2D eigenvalue weighted by Gasteiger charge is -1.96. The summed E-state index contributed by atoms with van der Waals surface area (Å²) < 4.78 is 5.57. The molecule has 0 aromatic carbocycles. The summed E-state index contributed by atoms with van der Waals surface area (Å²) in [5.74, 6) is 2.22. The molecule has 0 saturated carbocycles. The summed E-state index contributed by atoms with van der Waals surface area (Å²) in [7, 11) is 1.03. The largest absolute Gasteiger partial charge is 0.442 e. The quantitative estimate of drug-likeness (QED) is 0.580. The molecule has 2 nitrogen and oxygen atoms in total. The van der Waals surface area contributed by atoms with Crippen LogP contribution >= 0.6 is 0 Å². The van der Waals surface area contributed by atoms with Crippen LogP contribution in [-0.4, -0.2) is 12.3 Å². The van der Waals surface area contributed by atoms with Crippen LogP contribution in [0.2, 0.25) is 6.32 Å². The van der Waals surface area contributed by atoms with E-state index in [0.29, 0.717) is 5.92 Å². The van der Waals surface area contributed by atoms with Crippen LogP contribution in [0.5, 0.6) is 0 Å². The molecule has 0 spiro atoms. The van der Waals surface area contributed by atoms with Crippen LogP contribution in [0.3, 0.4) is 0 Å². The average Bonchev–Trinajstić information content (AvgIpc) is 2.46. The van der Waals surface area contributed by atoms with Gasteiger partial charge in [-0.3, -0.25) is 0 Å². The van der Waals surface area contributed by atoms with Gasteiger partial charge in [0.2, 0.25) is 0 Å². The van der Waals surface area contributed by atoms with Crippen LogP contribution in [-0.2, 0) is 0 Å². The number of hydrogen-bond acceptors (Lipinski definition) is 2. The summed E-state index contributed by atoms with van der Waals surface area (Å²) in [4.78, 5) is 4.43. The molecule has 3 heteroatoms. The average molecular weight is 161 g/mol. The van der Waals surface area contributed by atoms with E-state index in [-0.39, 0.29) is 0 Å². The molecule has 1 aliphatic heterocycles. The van der Waals surface area contributed by atoms with Crippen molar-refractivity contribution in [3.8, 4) is 0 Å². The lowest BCUT2D eigenvalue weighted by Crippen LogP contribution is -2.19. The first kappa shape index (κ1) is 7.65. The number of hydrogen-bond donors (Lipinski definition) is 0. The smallest absolute Gasteiger partial charge is 0.196 e. The number of aromatic nitrogens is 1. The molecule has 0 fully saturated rings. The van der Waals surface area contributed by atoms with Crippen molar-refractivity contribution in [1.82, 2.24) is 4.98 Å². The van der Waals surface area contributed by atoms with Gasteiger partial charge in [0.25, 0.3) is 0 Å². The fraction of sp³-hybridized carbons (Fsp3) is 0.444. The van der Waals surface area contributed by atoms with Gasteiger partial charge in [-0.1, -0.05) is 26.2 Å². The van der Waals surface area contributed by atoms with Gasteiger partial charge in [-0.25, -0.2) is 4.98 Å². The van der Waals surface area contributed by atoms with E-state index >= 15 is 0 Å². The molecule has 1 aromatic rings. The van der Waals surface area contributed by atoms with E-state index in [1.54, 1.807) is 0 Å². The summed E-state index contributed by atoms with van der Waals surface area (Å²) in [5, 5.41) is 0. The lowest BCUT2D eigenvalue weighted by atomic mass is 9.68. The maximum atomic E-state index is 5.57. The Morgan fingerprint density at radius 1 is 1.58 bits per heavy atom. The third-order valence-electron chi connectivity index (χ3n) is 2.06. The number of nitrogens with zero attached hydrogens (tertiary/aromatic N) is 1. The first-order valence-corrected chi connectivity index (χ1v) is 4.43. The Kier molecular flexibility index (Phi) is 1.79. The van der Waals surface area contributed by atoms with Crippen LogP contribution in [0, 0.1) is 0 Å². The minimum Gasteiger partial charge on any atom is -0.442 e. The Labute approximate surface area is 72.9 Å². The fourth-order valence-corrected chi connectivity index (χ4v) is 1.35. The van der Waals surface area contributed by atoms with Crippen molar-refractivity contribution < 1.29 is 4.42 Å². The summed E-state index contributed by atoms with van der Waals surface area (Å²) in [5.41, 5.74) is 1.13. The molecule has 62 valence electrons. The van der Waals surface area contributed by atoms with Crippen molar-refractivity contribution in [2.45, 2.75) is 26.1 Å². The fourth-order valence-electron chi connectivity index (χ4n) is 1.35. The Morgan fingerprint density at radius 2 is 2.42 bits per heavy atom. The molecule has 2 heterocycles. The van der Waals surface area contributed by atoms with Crippen molar-refractivity contribution in [2.24, 2.45) is 0 Å². The van der Waals surface area contributed by atoms with E-state index in [1.807, 2.05) is 6.08 Å². The molecule has 0 N–H and O–H groups in total. The first-order chi connectivity index (χ1) is 5.77. The van der Waals surface area contributed by atoms with Crippen molar-refractivity contribution in [3.63, 3.8) is 0 Å². The predicted octanol–water partition coefficient (Wildman–Crippen LogP) is 1.30. The van der Waals surface area contributed by atoms with Gasteiger partial charge in [0.05, 0.1) is 0 Å². The number of allylic oxidation sites excluding steroid dienone is 1. The van der Waals surface area contributed by atoms with Crippen LogP contribution in [0.15, 0.2) is 10.5 Å². The second-order valence-electron chi connectivity index (χ2n) is 3.46. The molecule has 0 atom stereocenters. The zero-order valence-electron chi connectivity index (χ0n) is 7.50. The highest BCUT2D eigenvalue weighted by atomic mass is 16.4. The van der Waals surface area contributed by atoms with E-state index in [9.17, 15) is 0 Å². The zero-order valence-corrected chi connectivity index (χ0v) is 7.50. The summed E-state index contributed by atoms with van der Waals surface area (Å²) in [6, 6.07) is 0. The van der Waals surface area contributed by atoms with Crippen LogP contribution < -0.4 is 5.59 Å². The van der Waals surface area contributed by atoms with Gasteiger partial charge in [-0.15, -0.1) is 0 Å². The second-order valence-corrected chi connectivity index (χ2v) is 3.46. The van der Waals surface area contributed by atoms with E-state index < -0.39 is 0 Å². The van der Waals surface area contributed by atoms with Gasteiger partial charge in [0, 0.05) is 11.5 Å². The standard InChI is InChI=1S/C9H12BNO/c1-6(2)9-11-8-7(12-9)4-3-5-10-8/h3-4,6,10H,5H2,1-2H3. The molecule has 0 aliphatic carbocycles.